The van der Waals surface area contributed by atoms with Crippen molar-refractivity contribution in [2.24, 2.45) is 33.5 Å². The second-order valence-electron chi connectivity index (χ2n) is 26.8. The van der Waals surface area contributed by atoms with Crippen molar-refractivity contribution in [2.45, 2.75) is 226 Å². The summed E-state index contributed by atoms with van der Waals surface area (Å²) < 4.78 is 103. The fourth-order valence-electron chi connectivity index (χ4n) is 14.6. The molecule has 8 fully saturated rings. The lowest BCUT2D eigenvalue weighted by atomic mass is 9.57. The molecule has 0 aliphatic heterocycles. The monoisotopic (exact) mass is 1090 g/mol. The maximum absolute atomic E-state index is 14.4. The van der Waals surface area contributed by atoms with Crippen molar-refractivity contribution >= 4 is 33.5 Å². The number of aliphatic carboxylic acids is 1. The highest BCUT2D eigenvalue weighted by Gasteiger charge is 2.54. The topological polar surface area (TPSA) is 106 Å². The van der Waals surface area contributed by atoms with Gasteiger partial charge in [0, 0.05) is 24.2 Å². The van der Waals surface area contributed by atoms with E-state index in [1.54, 1.807) is 36.4 Å². The van der Waals surface area contributed by atoms with Gasteiger partial charge in [-0.05, 0) is 215 Å². The third-order valence-corrected chi connectivity index (χ3v) is 20.0. The minimum absolute atomic E-state index is 0.0238. The summed E-state index contributed by atoms with van der Waals surface area (Å²) in [6, 6.07) is 16.9. The van der Waals surface area contributed by atoms with E-state index in [1.807, 2.05) is 19.1 Å². The number of carboxylic acid groups (broad SMARTS) is 1. The molecule has 0 radical (unpaired) electrons. The largest absolute Gasteiger partial charge is 0.490 e. The summed E-state index contributed by atoms with van der Waals surface area (Å²) in [4.78, 5) is 24.2. The first-order chi connectivity index (χ1) is 36.6. The van der Waals surface area contributed by atoms with Crippen LogP contribution in [0.15, 0.2) is 60.7 Å². The summed E-state index contributed by atoms with van der Waals surface area (Å²) in [5.41, 5.74) is -0.0592. The zero-order chi connectivity index (χ0) is 56.1. The minimum atomic E-state index is -4.52. The third kappa shape index (κ3) is 12.5. The van der Waals surface area contributed by atoms with Crippen LogP contribution in [0.1, 0.15) is 199 Å². The average Bonchev–Trinajstić information content (AvgIpc) is 3.52. The lowest BCUT2D eigenvalue weighted by Gasteiger charge is -2.52. The van der Waals surface area contributed by atoms with E-state index in [2.05, 4.69) is 52.2 Å². The Morgan fingerprint density at radius 1 is 0.526 bits per heavy atom. The number of carbonyl (C=O) groups is 2. The molecule has 8 nitrogen and oxygen atoms in total. The van der Waals surface area contributed by atoms with Crippen LogP contribution in [0.5, 0.6) is 11.5 Å². The van der Waals surface area contributed by atoms with Gasteiger partial charge in [0.25, 0.3) is 0 Å². The summed E-state index contributed by atoms with van der Waals surface area (Å²) >= 11 is 0. The van der Waals surface area contributed by atoms with E-state index in [9.17, 15) is 41.0 Å². The first-order valence-electron chi connectivity index (χ1n) is 29.1. The Morgan fingerprint density at radius 3 is 1.21 bits per heavy atom. The predicted molar refractivity (Wildman–Crippen MR) is 293 cm³/mol. The van der Waals surface area contributed by atoms with Crippen LogP contribution in [0.2, 0.25) is 0 Å². The first-order valence-corrected chi connectivity index (χ1v) is 29.1. The van der Waals surface area contributed by atoms with Crippen molar-refractivity contribution in [3.05, 3.63) is 82.9 Å². The molecule has 0 amide bonds. The maximum Gasteiger partial charge on any atom is 0.420 e. The third-order valence-electron chi connectivity index (χ3n) is 20.0. The molecule has 3 N–H and O–H groups in total. The molecule has 14 heteroatoms. The van der Waals surface area contributed by atoms with Crippen molar-refractivity contribution in [1.29, 1.82) is 0 Å². The number of carbonyl (C=O) groups excluding carboxylic acids is 1. The molecule has 0 unspecified atom stereocenters. The molecule has 0 spiro atoms. The van der Waals surface area contributed by atoms with Crippen LogP contribution < -0.4 is 20.1 Å². The predicted octanol–water partition coefficient (Wildman–Crippen LogP) is 16.7. The van der Waals surface area contributed by atoms with Gasteiger partial charge >= 0.3 is 24.3 Å². The molecule has 78 heavy (non-hydrogen) atoms. The van der Waals surface area contributed by atoms with Gasteiger partial charge in [-0.3, -0.25) is 9.59 Å². The molecular formula is C64H84F6N2O6. The zero-order valence-electron chi connectivity index (χ0n) is 47.1. The number of ether oxygens (including phenoxy) is 3. The van der Waals surface area contributed by atoms with Gasteiger partial charge in [0.05, 0.1) is 29.6 Å². The summed E-state index contributed by atoms with van der Waals surface area (Å²) in [5.74, 6) is 0.272. The summed E-state index contributed by atoms with van der Waals surface area (Å²) in [6.45, 7) is 16.8. The van der Waals surface area contributed by atoms with Gasteiger partial charge in [-0.25, -0.2) is 0 Å². The van der Waals surface area contributed by atoms with Crippen molar-refractivity contribution in [2.75, 3.05) is 6.61 Å². The molecule has 428 valence electrons. The number of rotatable bonds is 13. The van der Waals surface area contributed by atoms with Gasteiger partial charge < -0.3 is 30.0 Å². The van der Waals surface area contributed by atoms with Gasteiger partial charge in [0.15, 0.2) is 0 Å². The molecule has 0 atom stereocenters. The van der Waals surface area contributed by atoms with E-state index in [1.165, 1.54) is 12.1 Å². The molecule has 0 saturated heterocycles. The minimum Gasteiger partial charge on any atom is -0.490 e. The second kappa shape index (κ2) is 22.1. The SMILES string of the molecule is CC(C)(C)C1CCC(Oc2ccc3cc(CNC45CCC(C(=O)O)(CC4)CC5)ccc3c2C(F)(F)F)CC1.CCOC(=O)C12CCC(NCc3ccc4c(C(F)(F)F)c(OC5CCC(C(C)(C)C)CC5)ccc4c3)(CC1)CC2. The highest BCUT2D eigenvalue weighted by atomic mass is 19.4. The van der Waals surface area contributed by atoms with Crippen molar-refractivity contribution in [3.63, 3.8) is 0 Å². The molecule has 4 bridgehead atoms. The Kier molecular flexibility index (Phi) is 16.4. The highest BCUT2D eigenvalue weighted by Crippen LogP contribution is 2.55. The highest BCUT2D eigenvalue weighted by molar-refractivity contribution is 5.90. The molecule has 4 aromatic rings. The van der Waals surface area contributed by atoms with E-state index < -0.39 is 34.9 Å². The standard InChI is InChI=1S/C33H44F3NO3.C31H40F3NO3/c1-5-39-29(38)31-14-17-32(18-15-31,19-16-31)37-21-22-6-12-26-23(20-22)7-13-27(28(26)33(34,35)36)40-25-10-8-24(9-11-25)30(2,3)4;1-28(2,3)22-6-8-23(9-7-22)38-25-11-5-21-18-20(4-10-24(21)26(25)31(32,33)34)19-35-30-15-12-29(13-16-30,14-17-30)27(36)37/h6-7,12-13,20,24-25,37H,5,8-11,14-19,21H2,1-4H3;4-5,10-11,18,22-23,35H,6-9,12-17,19H2,1-3H3,(H,36,37). The number of hydrogen-bond acceptors (Lipinski definition) is 7. The van der Waals surface area contributed by atoms with Crippen LogP contribution in [0.3, 0.4) is 0 Å². The lowest BCUT2D eigenvalue weighted by Crippen LogP contribution is -2.56. The van der Waals surface area contributed by atoms with Crippen molar-refractivity contribution < 1.29 is 55.2 Å². The quantitative estimate of drug-likeness (QED) is 0.0898. The van der Waals surface area contributed by atoms with Crippen molar-refractivity contribution in [3.8, 4) is 11.5 Å². The van der Waals surface area contributed by atoms with E-state index >= 15 is 0 Å². The molecule has 4 aromatic carbocycles. The number of hydrogen-bond donors (Lipinski definition) is 3. The van der Waals surface area contributed by atoms with Gasteiger partial charge in [0.2, 0.25) is 0 Å². The fourth-order valence-corrected chi connectivity index (χ4v) is 14.6. The number of fused-ring (bicyclic) bond motifs is 8. The van der Waals surface area contributed by atoms with E-state index in [4.69, 9.17) is 14.2 Å². The normalized spacial score (nSPS) is 29.4. The average molecular weight is 1090 g/mol. The van der Waals surface area contributed by atoms with Crippen LogP contribution in [0.4, 0.5) is 26.3 Å². The van der Waals surface area contributed by atoms with Crippen LogP contribution in [0, 0.1) is 33.5 Å². The van der Waals surface area contributed by atoms with Crippen LogP contribution >= 0.6 is 0 Å². The second-order valence-corrected chi connectivity index (χ2v) is 26.8. The van der Waals surface area contributed by atoms with E-state index in [0.29, 0.717) is 61.6 Å². The molecule has 12 rings (SSSR count). The molecule has 8 saturated carbocycles. The zero-order valence-corrected chi connectivity index (χ0v) is 47.1. The number of esters is 1. The lowest BCUT2D eigenvalue weighted by molar-refractivity contribution is -0.163. The Balaban J connectivity index is 0.000000190. The molecular weight excluding hydrogens is 1010 g/mol. The molecule has 8 aliphatic carbocycles. The number of halogens is 6. The molecule has 0 aromatic heterocycles. The maximum atomic E-state index is 14.4. The summed E-state index contributed by atoms with van der Waals surface area (Å²) in [7, 11) is 0. The number of benzene rings is 4. The van der Waals surface area contributed by atoms with E-state index in [0.717, 1.165) is 120 Å². The van der Waals surface area contributed by atoms with Gasteiger partial charge in [-0.2, -0.15) is 26.3 Å². The van der Waals surface area contributed by atoms with E-state index in [-0.39, 0.29) is 67.8 Å². The van der Waals surface area contributed by atoms with Crippen LogP contribution in [0.25, 0.3) is 21.5 Å². The van der Waals surface area contributed by atoms with Gasteiger partial charge in [-0.15, -0.1) is 0 Å². The number of carboxylic acids is 1. The smallest absolute Gasteiger partial charge is 0.420 e. The number of alkyl halides is 6. The van der Waals surface area contributed by atoms with Crippen molar-refractivity contribution in [1.82, 2.24) is 10.6 Å². The summed E-state index contributed by atoms with van der Waals surface area (Å²) in [5, 5.41) is 18.5. The Labute approximate surface area is 457 Å². The summed E-state index contributed by atoms with van der Waals surface area (Å²) in [6.07, 6.45) is 7.34. The fraction of sp³-hybridized carbons (Fsp3) is 0.656. The van der Waals surface area contributed by atoms with Gasteiger partial charge in [-0.1, -0.05) is 77.9 Å². The molecule has 8 aliphatic rings. The first kappa shape index (κ1) is 58.1. The van der Waals surface area contributed by atoms with Crippen LogP contribution in [-0.2, 0) is 39.8 Å². The van der Waals surface area contributed by atoms with Crippen LogP contribution in [-0.4, -0.2) is 46.9 Å². The van der Waals surface area contributed by atoms with Gasteiger partial charge in [0.1, 0.15) is 22.6 Å². The molecule has 0 heterocycles. The Bertz CT molecular complexity index is 2740. The Hall–Kier alpha value is -4.56. The number of nitrogens with one attached hydrogen (secondary N) is 2. The Morgan fingerprint density at radius 2 is 0.885 bits per heavy atom.